The Balaban J connectivity index is 1.28. The van der Waals surface area contributed by atoms with E-state index in [2.05, 4.69) is 28.0 Å². The maximum Gasteiger partial charge on any atom is 0.123 e. The van der Waals surface area contributed by atoms with E-state index in [0.717, 1.165) is 51.1 Å². The van der Waals surface area contributed by atoms with Crippen molar-refractivity contribution >= 4 is 0 Å². The Labute approximate surface area is 151 Å². The van der Waals surface area contributed by atoms with Crippen LogP contribution in [-0.2, 0) is 17.7 Å². The molecule has 1 aromatic carbocycles. The largest absolute Gasteiger partial charge is 0.487 e. The molecule has 0 N–H and O–H groups in total. The van der Waals surface area contributed by atoms with Gasteiger partial charge in [0.15, 0.2) is 0 Å². The van der Waals surface area contributed by atoms with Crippen molar-refractivity contribution in [2.24, 2.45) is 0 Å². The van der Waals surface area contributed by atoms with Crippen molar-refractivity contribution in [3.05, 3.63) is 29.3 Å². The molecule has 0 saturated carbocycles. The third-order valence-electron chi connectivity index (χ3n) is 6.69. The van der Waals surface area contributed by atoms with Gasteiger partial charge in [0.25, 0.3) is 0 Å². The smallest absolute Gasteiger partial charge is 0.123 e. The first kappa shape index (κ1) is 16.1. The molecule has 4 heterocycles. The molecule has 4 aliphatic heterocycles. The molecule has 4 heteroatoms. The van der Waals surface area contributed by atoms with Gasteiger partial charge in [0.1, 0.15) is 11.4 Å². The van der Waals surface area contributed by atoms with Crippen LogP contribution in [0.1, 0.15) is 43.2 Å². The highest BCUT2D eigenvalue weighted by Crippen LogP contribution is 2.44. The van der Waals surface area contributed by atoms with Gasteiger partial charge in [0.2, 0.25) is 0 Å². The molecule has 1 spiro atoms. The fourth-order valence-electron chi connectivity index (χ4n) is 5.32. The van der Waals surface area contributed by atoms with Crippen LogP contribution in [0, 0.1) is 0 Å². The van der Waals surface area contributed by atoms with Gasteiger partial charge in [-0.25, -0.2) is 0 Å². The molecule has 3 fully saturated rings. The maximum absolute atomic E-state index is 6.57. The summed E-state index contributed by atoms with van der Waals surface area (Å²) in [5.74, 6) is 1.15. The summed E-state index contributed by atoms with van der Waals surface area (Å²) in [7, 11) is 0. The summed E-state index contributed by atoms with van der Waals surface area (Å²) in [6.45, 7) is 7.41. The number of fused-ring (bicyclic) bond motifs is 2. The number of hydrogen-bond donors (Lipinski definition) is 0. The van der Waals surface area contributed by atoms with Gasteiger partial charge >= 0.3 is 0 Å². The van der Waals surface area contributed by atoms with Gasteiger partial charge in [-0.1, -0.05) is 18.6 Å². The lowest BCUT2D eigenvalue weighted by atomic mass is 9.80. The third kappa shape index (κ3) is 3.20. The number of hydrogen-bond acceptors (Lipinski definition) is 4. The van der Waals surface area contributed by atoms with E-state index >= 15 is 0 Å². The Morgan fingerprint density at radius 1 is 1.08 bits per heavy atom. The fourth-order valence-corrected chi connectivity index (χ4v) is 5.32. The lowest BCUT2D eigenvalue weighted by Crippen LogP contribution is -2.54. The van der Waals surface area contributed by atoms with Crippen LogP contribution in [0.5, 0.6) is 5.75 Å². The predicted octanol–water partition coefficient (Wildman–Crippen LogP) is 2.84. The quantitative estimate of drug-likeness (QED) is 0.825. The van der Waals surface area contributed by atoms with Crippen molar-refractivity contribution < 1.29 is 9.47 Å². The Morgan fingerprint density at radius 2 is 2.00 bits per heavy atom. The Bertz CT molecular complexity index is 628. The Morgan fingerprint density at radius 3 is 2.92 bits per heavy atom. The van der Waals surface area contributed by atoms with Crippen LogP contribution in [-0.4, -0.2) is 60.8 Å². The molecule has 136 valence electrons. The Kier molecular flexibility index (Phi) is 4.23. The summed E-state index contributed by atoms with van der Waals surface area (Å²) < 4.78 is 12.0. The second-order valence-corrected chi connectivity index (χ2v) is 8.43. The molecule has 2 atom stereocenters. The van der Waals surface area contributed by atoms with Crippen molar-refractivity contribution in [1.29, 1.82) is 0 Å². The number of nitrogens with zero attached hydrogens (tertiary/aromatic N) is 2. The van der Waals surface area contributed by atoms with E-state index in [0.29, 0.717) is 0 Å². The molecule has 3 saturated heterocycles. The molecule has 1 unspecified atom stereocenters. The molecule has 25 heavy (non-hydrogen) atoms. The van der Waals surface area contributed by atoms with Crippen LogP contribution >= 0.6 is 0 Å². The summed E-state index contributed by atoms with van der Waals surface area (Å²) in [6.07, 6.45) is 7.67. The average molecular weight is 342 g/mol. The third-order valence-corrected chi connectivity index (χ3v) is 6.69. The summed E-state index contributed by atoms with van der Waals surface area (Å²) in [5.41, 5.74) is 2.95. The van der Waals surface area contributed by atoms with Crippen LogP contribution in [0.3, 0.4) is 0 Å². The zero-order valence-electron chi connectivity index (χ0n) is 15.2. The first-order valence-electron chi connectivity index (χ1n) is 10.1. The van der Waals surface area contributed by atoms with Gasteiger partial charge in [-0.2, -0.15) is 0 Å². The minimum absolute atomic E-state index is 0.0818. The minimum atomic E-state index is 0.0818. The second-order valence-electron chi connectivity index (χ2n) is 8.43. The summed E-state index contributed by atoms with van der Waals surface area (Å²) in [5, 5.41) is 0. The van der Waals surface area contributed by atoms with E-state index in [4.69, 9.17) is 9.47 Å². The predicted molar refractivity (Wildman–Crippen MR) is 98.0 cm³/mol. The van der Waals surface area contributed by atoms with Crippen LogP contribution in [0.25, 0.3) is 0 Å². The van der Waals surface area contributed by atoms with E-state index < -0.39 is 0 Å². The first-order chi connectivity index (χ1) is 12.3. The molecule has 0 aliphatic carbocycles. The van der Waals surface area contributed by atoms with Gasteiger partial charge in [0, 0.05) is 51.5 Å². The van der Waals surface area contributed by atoms with Crippen molar-refractivity contribution in [3.63, 3.8) is 0 Å². The zero-order chi connectivity index (χ0) is 16.7. The van der Waals surface area contributed by atoms with Crippen LogP contribution in [0.15, 0.2) is 18.2 Å². The van der Waals surface area contributed by atoms with E-state index in [1.54, 1.807) is 0 Å². The highest BCUT2D eigenvalue weighted by Gasteiger charge is 2.46. The fraction of sp³-hybridized carbons (Fsp3) is 0.714. The minimum Gasteiger partial charge on any atom is -0.487 e. The monoisotopic (exact) mass is 342 g/mol. The topological polar surface area (TPSA) is 24.9 Å². The number of morpholine rings is 1. The number of benzene rings is 1. The molecular weight excluding hydrogens is 312 g/mol. The van der Waals surface area contributed by atoms with E-state index in [-0.39, 0.29) is 5.60 Å². The summed E-state index contributed by atoms with van der Waals surface area (Å²) >= 11 is 0. The average Bonchev–Trinajstić information content (AvgIpc) is 2.99. The van der Waals surface area contributed by atoms with Gasteiger partial charge in [0.05, 0.1) is 13.2 Å². The van der Waals surface area contributed by atoms with E-state index in [1.165, 1.54) is 56.3 Å². The first-order valence-corrected chi connectivity index (χ1v) is 10.1. The molecule has 4 nitrogen and oxygen atoms in total. The van der Waals surface area contributed by atoms with Gasteiger partial charge in [-0.15, -0.1) is 0 Å². The van der Waals surface area contributed by atoms with Crippen LogP contribution in [0.4, 0.5) is 0 Å². The number of ether oxygens (including phenoxy) is 2. The van der Waals surface area contributed by atoms with Crippen molar-refractivity contribution in [2.45, 2.75) is 56.7 Å². The standard InChI is InChI=1S/C21H30N2O2/c1-2-7-23-8-6-21(15-19(23)3-1)14-18-13-17(4-5-20(18)25-21)16-22-9-11-24-12-10-22/h4-5,13,19H,1-3,6-12,14-16H2/t19?,21-/m1/s1. The van der Waals surface area contributed by atoms with Crippen molar-refractivity contribution in [3.8, 4) is 5.75 Å². The molecule has 4 aliphatic rings. The second kappa shape index (κ2) is 6.57. The molecule has 0 bridgehead atoms. The van der Waals surface area contributed by atoms with Gasteiger partial charge < -0.3 is 14.4 Å². The molecule has 0 aromatic heterocycles. The SMILES string of the molecule is c1cc2c(cc1CN1CCOCC1)C[C@@]1(CCN3CCCCC3C1)O2. The Hall–Kier alpha value is -1.10. The molecule has 1 aromatic rings. The van der Waals surface area contributed by atoms with Crippen molar-refractivity contribution in [2.75, 3.05) is 39.4 Å². The highest BCUT2D eigenvalue weighted by atomic mass is 16.5. The van der Waals surface area contributed by atoms with Gasteiger partial charge in [-0.05, 0) is 36.6 Å². The number of piperidine rings is 2. The highest BCUT2D eigenvalue weighted by molar-refractivity contribution is 5.42. The summed E-state index contributed by atoms with van der Waals surface area (Å²) in [6, 6.07) is 7.66. The van der Waals surface area contributed by atoms with Crippen molar-refractivity contribution in [1.82, 2.24) is 9.80 Å². The zero-order valence-corrected chi connectivity index (χ0v) is 15.2. The molecule has 0 amide bonds. The lowest BCUT2D eigenvalue weighted by Gasteiger charge is -2.46. The normalized spacial score (nSPS) is 33.0. The van der Waals surface area contributed by atoms with E-state index in [1.807, 2.05) is 0 Å². The molecule has 0 radical (unpaired) electrons. The maximum atomic E-state index is 6.57. The number of rotatable bonds is 2. The van der Waals surface area contributed by atoms with E-state index in [9.17, 15) is 0 Å². The molecular formula is C21H30N2O2. The van der Waals surface area contributed by atoms with Crippen LogP contribution in [0.2, 0.25) is 0 Å². The van der Waals surface area contributed by atoms with Gasteiger partial charge in [-0.3, -0.25) is 4.90 Å². The lowest BCUT2D eigenvalue weighted by molar-refractivity contribution is -0.0249. The summed E-state index contributed by atoms with van der Waals surface area (Å²) in [4.78, 5) is 5.21. The van der Waals surface area contributed by atoms with Crippen LogP contribution < -0.4 is 4.74 Å². The molecule has 5 rings (SSSR count).